The number of carbonyl (C=O) groups excluding carboxylic acids is 1. The fourth-order valence-electron chi connectivity index (χ4n) is 1.74. The Morgan fingerprint density at radius 3 is 2.29 bits per heavy atom. The van der Waals surface area contributed by atoms with Crippen molar-refractivity contribution in [3.8, 4) is 5.75 Å². The highest BCUT2D eigenvalue weighted by atomic mass is 19.3. The highest BCUT2D eigenvalue weighted by Gasteiger charge is 2.08. The molecule has 0 heterocycles. The first-order chi connectivity index (χ1) is 10.1. The molecule has 0 aliphatic carbocycles. The lowest BCUT2D eigenvalue weighted by Gasteiger charge is -2.06. The summed E-state index contributed by atoms with van der Waals surface area (Å²) in [7, 11) is 0. The zero-order valence-corrected chi connectivity index (χ0v) is 11.2. The van der Waals surface area contributed by atoms with Gasteiger partial charge in [0.25, 0.3) is 0 Å². The summed E-state index contributed by atoms with van der Waals surface area (Å²) in [5.41, 5.74) is 1.37. The van der Waals surface area contributed by atoms with Crippen LogP contribution in [0.25, 0.3) is 0 Å². The largest absolute Gasteiger partial charge is 0.435 e. The van der Waals surface area contributed by atoms with Crippen molar-refractivity contribution in [2.24, 2.45) is 0 Å². The SMILES string of the molecule is O=C(COCc1ccccc1)c1ccc(OC(F)F)cc1. The molecule has 2 aromatic carbocycles. The molecule has 2 rings (SSSR count). The average Bonchev–Trinajstić information content (AvgIpc) is 2.48. The summed E-state index contributed by atoms with van der Waals surface area (Å²) < 4.78 is 33.5. The Hall–Kier alpha value is -2.27. The van der Waals surface area contributed by atoms with E-state index in [0.717, 1.165) is 5.56 Å². The van der Waals surface area contributed by atoms with Crippen LogP contribution in [0.1, 0.15) is 15.9 Å². The second kappa shape index (κ2) is 7.50. The molecule has 5 heteroatoms. The van der Waals surface area contributed by atoms with Crippen LogP contribution in [-0.4, -0.2) is 19.0 Å². The number of hydrogen-bond donors (Lipinski definition) is 0. The van der Waals surface area contributed by atoms with Crippen LogP contribution >= 0.6 is 0 Å². The summed E-state index contributed by atoms with van der Waals surface area (Å²) in [5, 5.41) is 0. The topological polar surface area (TPSA) is 35.5 Å². The maximum atomic E-state index is 12.0. The van der Waals surface area contributed by atoms with Gasteiger partial charge in [-0.3, -0.25) is 4.79 Å². The fraction of sp³-hybridized carbons (Fsp3) is 0.188. The zero-order valence-electron chi connectivity index (χ0n) is 11.2. The molecule has 0 unspecified atom stereocenters. The number of hydrogen-bond acceptors (Lipinski definition) is 3. The summed E-state index contributed by atoms with van der Waals surface area (Å²) >= 11 is 0. The van der Waals surface area contributed by atoms with Crippen LogP contribution in [0.15, 0.2) is 54.6 Å². The first kappa shape index (κ1) is 15.1. The van der Waals surface area contributed by atoms with Crippen molar-refractivity contribution in [3.05, 3.63) is 65.7 Å². The molecule has 0 amide bonds. The summed E-state index contributed by atoms with van der Waals surface area (Å²) in [4.78, 5) is 11.9. The lowest BCUT2D eigenvalue weighted by Crippen LogP contribution is -2.09. The number of Topliss-reactive ketones (excluding diaryl/α,β-unsaturated/α-hetero) is 1. The minimum atomic E-state index is -2.87. The van der Waals surface area contributed by atoms with Crippen LogP contribution < -0.4 is 4.74 Å². The van der Waals surface area contributed by atoms with Crippen molar-refractivity contribution < 1.29 is 23.0 Å². The number of benzene rings is 2. The van der Waals surface area contributed by atoms with Crippen molar-refractivity contribution >= 4 is 5.78 Å². The van der Waals surface area contributed by atoms with Gasteiger partial charge in [0.1, 0.15) is 12.4 Å². The van der Waals surface area contributed by atoms with Crippen molar-refractivity contribution in [1.29, 1.82) is 0 Å². The maximum Gasteiger partial charge on any atom is 0.387 e. The van der Waals surface area contributed by atoms with Crippen LogP contribution in [0.3, 0.4) is 0 Å². The predicted octanol–water partition coefficient (Wildman–Crippen LogP) is 3.69. The van der Waals surface area contributed by atoms with Gasteiger partial charge >= 0.3 is 6.61 Å². The van der Waals surface area contributed by atoms with Gasteiger partial charge in [-0.05, 0) is 29.8 Å². The maximum absolute atomic E-state index is 12.0. The smallest absolute Gasteiger partial charge is 0.387 e. The van der Waals surface area contributed by atoms with Gasteiger partial charge in [-0.15, -0.1) is 0 Å². The number of alkyl halides is 2. The molecule has 110 valence electrons. The van der Waals surface area contributed by atoms with Gasteiger partial charge in [0, 0.05) is 5.56 Å². The second-order valence-electron chi connectivity index (χ2n) is 4.30. The lowest BCUT2D eigenvalue weighted by atomic mass is 10.1. The van der Waals surface area contributed by atoms with Gasteiger partial charge in [0.2, 0.25) is 0 Å². The number of halogens is 2. The van der Waals surface area contributed by atoms with Crippen LogP contribution in [0, 0.1) is 0 Å². The standard InChI is InChI=1S/C16H14F2O3/c17-16(18)21-14-8-6-13(7-9-14)15(19)11-20-10-12-4-2-1-3-5-12/h1-9,16H,10-11H2. The molecular weight excluding hydrogens is 278 g/mol. The molecule has 0 atom stereocenters. The molecule has 0 spiro atoms. The van der Waals surface area contributed by atoms with E-state index >= 15 is 0 Å². The Kier molecular flexibility index (Phi) is 5.40. The third-order valence-electron chi connectivity index (χ3n) is 2.75. The quantitative estimate of drug-likeness (QED) is 0.730. The molecule has 0 bridgehead atoms. The van der Waals surface area contributed by atoms with Gasteiger partial charge in [-0.2, -0.15) is 8.78 Å². The number of carbonyl (C=O) groups is 1. The van der Waals surface area contributed by atoms with Crippen LogP contribution in [0.4, 0.5) is 8.78 Å². The Labute approximate surface area is 121 Å². The lowest BCUT2D eigenvalue weighted by molar-refractivity contribution is -0.0498. The predicted molar refractivity (Wildman–Crippen MR) is 73.5 cm³/mol. The molecule has 2 aromatic rings. The number of rotatable bonds is 7. The summed E-state index contributed by atoms with van der Waals surface area (Å²) in [5.74, 6) is -0.193. The van der Waals surface area contributed by atoms with Gasteiger partial charge in [-0.25, -0.2) is 0 Å². The fourth-order valence-corrected chi connectivity index (χ4v) is 1.74. The van der Waals surface area contributed by atoms with Crippen molar-refractivity contribution in [3.63, 3.8) is 0 Å². The molecular formula is C16H14F2O3. The Balaban J connectivity index is 1.83. The summed E-state index contributed by atoms with van der Waals surface area (Å²) in [6.45, 7) is -2.59. The third kappa shape index (κ3) is 4.96. The number of ketones is 1. The van der Waals surface area contributed by atoms with E-state index in [0.29, 0.717) is 12.2 Å². The molecule has 0 fully saturated rings. The first-order valence-corrected chi connectivity index (χ1v) is 6.35. The second-order valence-corrected chi connectivity index (χ2v) is 4.30. The van der Waals surface area contributed by atoms with E-state index in [2.05, 4.69) is 4.74 Å². The Bertz CT molecular complexity index is 568. The highest BCUT2D eigenvalue weighted by molar-refractivity contribution is 5.97. The molecule has 0 aliphatic heterocycles. The van der Waals surface area contributed by atoms with E-state index in [1.54, 1.807) is 0 Å². The monoisotopic (exact) mass is 292 g/mol. The molecule has 21 heavy (non-hydrogen) atoms. The van der Waals surface area contributed by atoms with E-state index in [9.17, 15) is 13.6 Å². The van der Waals surface area contributed by atoms with Gasteiger partial charge in [0.05, 0.1) is 6.61 Å². The van der Waals surface area contributed by atoms with Crippen molar-refractivity contribution in [1.82, 2.24) is 0 Å². The summed E-state index contributed by atoms with van der Waals surface area (Å²) in [6.07, 6.45) is 0. The van der Waals surface area contributed by atoms with Crippen LogP contribution in [0.2, 0.25) is 0 Å². The van der Waals surface area contributed by atoms with Crippen molar-refractivity contribution in [2.75, 3.05) is 6.61 Å². The average molecular weight is 292 g/mol. The zero-order chi connectivity index (χ0) is 15.1. The molecule has 0 radical (unpaired) electrons. The van der Waals surface area contributed by atoms with E-state index < -0.39 is 6.61 Å². The highest BCUT2D eigenvalue weighted by Crippen LogP contribution is 2.15. The minimum Gasteiger partial charge on any atom is -0.435 e. The van der Waals surface area contributed by atoms with Gasteiger partial charge < -0.3 is 9.47 Å². The molecule has 0 aromatic heterocycles. The number of ether oxygens (including phenoxy) is 2. The van der Waals surface area contributed by atoms with Crippen LogP contribution in [-0.2, 0) is 11.3 Å². The van der Waals surface area contributed by atoms with E-state index in [1.807, 2.05) is 30.3 Å². The molecule has 0 saturated heterocycles. The molecule has 0 saturated carbocycles. The Morgan fingerprint density at radius 2 is 1.67 bits per heavy atom. The van der Waals surface area contributed by atoms with Gasteiger partial charge in [0.15, 0.2) is 5.78 Å². The van der Waals surface area contributed by atoms with E-state index in [-0.39, 0.29) is 18.1 Å². The summed E-state index contributed by atoms with van der Waals surface area (Å²) in [6, 6.07) is 15.0. The Morgan fingerprint density at radius 1 is 1.00 bits per heavy atom. The molecule has 0 aliphatic rings. The minimum absolute atomic E-state index is 0.0201. The van der Waals surface area contributed by atoms with Crippen LogP contribution in [0.5, 0.6) is 5.75 Å². The third-order valence-corrected chi connectivity index (χ3v) is 2.75. The van der Waals surface area contributed by atoms with Gasteiger partial charge in [-0.1, -0.05) is 30.3 Å². The first-order valence-electron chi connectivity index (χ1n) is 6.35. The van der Waals surface area contributed by atoms with Crippen molar-refractivity contribution in [2.45, 2.75) is 13.2 Å². The van der Waals surface area contributed by atoms with E-state index in [1.165, 1.54) is 24.3 Å². The normalized spacial score (nSPS) is 10.6. The molecule has 3 nitrogen and oxygen atoms in total. The van der Waals surface area contributed by atoms with E-state index in [4.69, 9.17) is 4.74 Å². The molecule has 0 N–H and O–H groups in total.